The van der Waals surface area contributed by atoms with Gasteiger partial charge >= 0.3 is 0 Å². The Labute approximate surface area is 166 Å². The Kier molecular flexibility index (Phi) is 5.69. The number of nitrogens with zero attached hydrogens (tertiary/aromatic N) is 4. The number of rotatable bonds is 3. The number of carboxylic acid groups (broad SMARTS) is 1. The Balaban J connectivity index is 0.000000659. The number of fused-ring (bicyclic) bond motifs is 1. The van der Waals surface area contributed by atoms with Crippen LogP contribution in [0.25, 0.3) is 16.2 Å². The average Bonchev–Trinajstić information content (AvgIpc) is 3.32. The molecule has 0 aliphatic carbocycles. The Hall–Kier alpha value is -2.16. The van der Waals surface area contributed by atoms with Crippen molar-refractivity contribution in [2.45, 2.75) is 20.3 Å². The first-order chi connectivity index (χ1) is 12.9. The summed E-state index contributed by atoms with van der Waals surface area (Å²) in [6.07, 6.45) is 1.11. The SMILES string of the molecule is Cc1c(-c2ccccc2Cl)nc2sc(N3CCC(C)(CN)C3)nn12.O=CO. The average molecular weight is 408 g/mol. The lowest BCUT2D eigenvalue weighted by molar-refractivity contribution is -0.122. The van der Waals surface area contributed by atoms with E-state index in [-0.39, 0.29) is 11.9 Å². The molecule has 27 heavy (non-hydrogen) atoms. The zero-order valence-electron chi connectivity index (χ0n) is 15.2. The minimum Gasteiger partial charge on any atom is -0.483 e. The number of halogens is 1. The molecular weight excluding hydrogens is 386 g/mol. The summed E-state index contributed by atoms with van der Waals surface area (Å²) in [4.78, 5) is 16.4. The molecule has 3 aromatic rings. The van der Waals surface area contributed by atoms with E-state index in [4.69, 9.17) is 37.3 Å². The molecule has 1 aromatic carbocycles. The number of carbonyl (C=O) groups is 1. The number of benzene rings is 1. The van der Waals surface area contributed by atoms with Crippen molar-refractivity contribution in [2.24, 2.45) is 11.1 Å². The number of hydrogen-bond donors (Lipinski definition) is 2. The van der Waals surface area contributed by atoms with Crippen LogP contribution in [0.2, 0.25) is 5.02 Å². The molecule has 4 rings (SSSR count). The van der Waals surface area contributed by atoms with Crippen LogP contribution in [0, 0.1) is 12.3 Å². The zero-order chi connectivity index (χ0) is 19.6. The minimum atomic E-state index is -0.250. The lowest BCUT2D eigenvalue weighted by Gasteiger charge is -2.21. The van der Waals surface area contributed by atoms with Crippen molar-refractivity contribution in [3.05, 3.63) is 35.0 Å². The smallest absolute Gasteiger partial charge is 0.290 e. The van der Waals surface area contributed by atoms with Gasteiger partial charge in [-0.25, -0.2) is 9.50 Å². The maximum Gasteiger partial charge on any atom is 0.290 e. The summed E-state index contributed by atoms with van der Waals surface area (Å²) >= 11 is 7.95. The molecule has 3 N–H and O–H groups in total. The molecule has 7 nitrogen and oxygen atoms in total. The number of hydrogen-bond acceptors (Lipinski definition) is 6. The summed E-state index contributed by atoms with van der Waals surface area (Å²) in [5.41, 5.74) is 8.97. The predicted octanol–water partition coefficient (Wildman–Crippen LogP) is 3.30. The third-order valence-corrected chi connectivity index (χ3v) is 6.17. The van der Waals surface area contributed by atoms with Gasteiger partial charge in [0, 0.05) is 18.7 Å². The van der Waals surface area contributed by atoms with Gasteiger partial charge in [0.25, 0.3) is 6.47 Å². The van der Waals surface area contributed by atoms with Crippen LogP contribution in [0.5, 0.6) is 0 Å². The highest BCUT2D eigenvalue weighted by atomic mass is 35.5. The first-order valence-corrected chi connectivity index (χ1v) is 9.76. The van der Waals surface area contributed by atoms with Crippen molar-refractivity contribution < 1.29 is 9.90 Å². The van der Waals surface area contributed by atoms with Crippen molar-refractivity contribution in [1.82, 2.24) is 14.6 Å². The summed E-state index contributed by atoms with van der Waals surface area (Å²) in [5, 5.41) is 13.4. The molecular formula is C18H22ClN5O2S. The predicted molar refractivity (Wildman–Crippen MR) is 109 cm³/mol. The zero-order valence-corrected chi connectivity index (χ0v) is 16.8. The molecule has 0 spiro atoms. The Morgan fingerprint density at radius 1 is 1.44 bits per heavy atom. The maximum atomic E-state index is 8.36. The quantitative estimate of drug-likeness (QED) is 0.646. The molecule has 2 aromatic heterocycles. The standard InChI is InChI=1S/C17H20ClN5S.CH2O2/c1-11-14(12-5-3-4-6-13(12)18)20-15-23(11)21-16(24-15)22-8-7-17(2,9-19)10-22;2-1-3/h3-6H,7-10,19H2,1-2H3;1H,(H,2,3). The van der Waals surface area contributed by atoms with Crippen LogP contribution in [0.15, 0.2) is 24.3 Å². The number of aryl methyl sites for hydroxylation is 1. The van der Waals surface area contributed by atoms with Crippen LogP contribution in [-0.4, -0.2) is 45.8 Å². The van der Waals surface area contributed by atoms with Gasteiger partial charge < -0.3 is 15.7 Å². The van der Waals surface area contributed by atoms with Gasteiger partial charge in [-0.3, -0.25) is 4.79 Å². The van der Waals surface area contributed by atoms with E-state index in [1.165, 1.54) is 0 Å². The third kappa shape index (κ3) is 3.78. The minimum absolute atomic E-state index is 0.186. The molecule has 1 aliphatic heterocycles. The van der Waals surface area contributed by atoms with Gasteiger partial charge in [0.1, 0.15) is 0 Å². The van der Waals surface area contributed by atoms with Gasteiger partial charge in [-0.2, -0.15) is 0 Å². The first kappa shape index (κ1) is 19.6. The van der Waals surface area contributed by atoms with Gasteiger partial charge in [0.2, 0.25) is 10.1 Å². The van der Waals surface area contributed by atoms with Crippen molar-refractivity contribution in [3.63, 3.8) is 0 Å². The fourth-order valence-electron chi connectivity index (χ4n) is 3.23. The third-order valence-electron chi connectivity index (χ3n) is 4.87. The Morgan fingerprint density at radius 2 is 2.15 bits per heavy atom. The van der Waals surface area contributed by atoms with Crippen LogP contribution in [0.1, 0.15) is 19.0 Å². The lowest BCUT2D eigenvalue weighted by Crippen LogP contribution is -2.31. The van der Waals surface area contributed by atoms with E-state index >= 15 is 0 Å². The molecule has 1 fully saturated rings. The lowest BCUT2D eigenvalue weighted by atomic mass is 9.90. The van der Waals surface area contributed by atoms with E-state index < -0.39 is 0 Å². The summed E-state index contributed by atoms with van der Waals surface area (Å²) in [7, 11) is 0. The van der Waals surface area contributed by atoms with E-state index in [2.05, 4.69) is 11.8 Å². The normalized spacial score (nSPS) is 19.2. The maximum absolute atomic E-state index is 8.36. The number of imidazole rings is 1. The molecule has 0 amide bonds. The fourth-order valence-corrected chi connectivity index (χ4v) is 4.43. The molecule has 0 saturated carbocycles. The van der Waals surface area contributed by atoms with Gasteiger partial charge in [-0.15, -0.1) is 5.10 Å². The van der Waals surface area contributed by atoms with Crippen molar-refractivity contribution in [2.75, 3.05) is 24.5 Å². The topological polar surface area (TPSA) is 96.8 Å². The summed E-state index contributed by atoms with van der Waals surface area (Å²) < 4.78 is 1.93. The van der Waals surface area contributed by atoms with E-state index in [9.17, 15) is 0 Å². The van der Waals surface area contributed by atoms with Crippen molar-refractivity contribution in [3.8, 4) is 11.3 Å². The second-order valence-electron chi connectivity index (χ2n) is 6.90. The molecule has 144 valence electrons. The second-order valence-corrected chi connectivity index (χ2v) is 8.24. The number of aromatic nitrogens is 3. The van der Waals surface area contributed by atoms with Crippen LogP contribution in [0.3, 0.4) is 0 Å². The van der Waals surface area contributed by atoms with Gasteiger partial charge in [-0.05, 0) is 31.4 Å². The molecule has 1 unspecified atom stereocenters. The highest BCUT2D eigenvalue weighted by Crippen LogP contribution is 2.36. The van der Waals surface area contributed by atoms with Crippen LogP contribution in [0.4, 0.5) is 5.13 Å². The molecule has 0 radical (unpaired) electrons. The highest BCUT2D eigenvalue weighted by Gasteiger charge is 2.34. The van der Waals surface area contributed by atoms with Gasteiger partial charge in [0.05, 0.1) is 16.4 Å². The van der Waals surface area contributed by atoms with Crippen LogP contribution < -0.4 is 10.6 Å². The van der Waals surface area contributed by atoms with E-state index in [1.54, 1.807) is 11.3 Å². The van der Waals surface area contributed by atoms with E-state index in [1.807, 2.05) is 35.7 Å². The molecule has 1 saturated heterocycles. The molecule has 3 heterocycles. The second kappa shape index (κ2) is 7.84. The Bertz CT molecular complexity index is 957. The Morgan fingerprint density at radius 3 is 2.74 bits per heavy atom. The van der Waals surface area contributed by atoms with Crippen LogP contribution in [-0.2, 0) is 4.79 Å². The monoisotopic (exact) mass is 407 g/mol. The highest BCUT2D eigenvalue weighted by molar-refractivity contribution is 7.20. The first-order valence-electron chi connectivity index (χ1n) is 8.56. The molecule has 0 bridgehead atoms. The van der Waals surface area contributed by atoms with Gasteiger partial charge in [-0.1, -0.05) is 48.1 Å². The summed E-state index contributed by atoms with van der Waals surface area (Å²) in [5.74, 6) is 0. The number of anilines is 1. The summed E-state index contributed by atoms with van der Waals surface area (Å²) in [6, 6.07) is 7.79. The van der Waals surface area contributed by atoms with E-state index in [0.29, 0.717) is 11.6 Å². The van der Waals surface area contributed by atoms with E-state index in [0.717, 1.165) is 46.6 Å². The molecule has 1 atom stereocenters. The van der Waals surface area contributed by atoms with Crippen molar-refractivity contribution in [1.29, 1.82) is 0 Å². The van der Waals surface area contributed by atoms with Crippen LogP contribution >= 0.6 is 22.9 Å². The molecule has 9 heteroatoms. The summed E-state index contributed by atoms with van der Waals surface area (Å²) in [6.45, 7) is 6.70. The largest absolute Gasteiger partial charge is 0.483 e. The van der Waals surface area contributed by atoms with Crippen molar-refractivity contribution >= 4 is 39.5 Å². The number of nitrogens with two attached hydrogens (primary N) is 1. The van der Waals surface area contributed by atoms with Gasteiger partial charge in [0.15, 0.2) is 0 Å². The fraction of sp³-hybridized carbons (Fsp3) is 0.389. The molecule has 1 aliphatic rings.